The van der Waals surface area contributed by atoms with Gasteiger partial charge in [-0.2, -0.15) is 0 Å². The number of hydrogen-bond acceptors (Lipinski definition) is 2. The number of hydrogen-bond donors (Lipinski definition) is 1. The number of nitrogens with one attached hydrogen (secondary N) is 1. The minimum absolute atomic E-state index is 0.183. The van der Waals surface area contributed by atoms with Gasteiger partial charge in [0.1, 0.15) is 11.9 Å². The van der Waals surface area contributed by atoms with E-state index in [0.717, 1.165) is 24.4 Å². The minimum atomic E-state index is 0.183. The van der Waals surface area contributed by atoms with Crippen LogP contribution in [0.4, 0.5) is 5.69 Å². The first-order valence-electron chi connectivity index (χ1n) is 6.80. The quantitative estimate of drug-likeness (QED) is 0.832. The molecule has 0 heterocycles. The number of para-hydroxylation sites is 1. The molecule has 2 rings (SSSR count). The van der Waals surface area contributed by atoms with E-state index in [9.17, 15) is 0 Å². The van der Waals surface area contributed by atoms with Gasteiger partial charge >= 0.3 is 0 Å². The first kappa shape index (κ1) is 13.5. The van der Waals surface area contributed by atoms with Crippen molar-refractivity contribution in [2.45, 2.75) is 26.4 Å². The SMILES string of the molecule is CCC(CNc1cccc(C)c1)Oc1ccccc1. The maximum Gasteiger partial charge on any atom is 0.119 e. The Hall–Kier alpha value is -1.96. The fourth-order valence-electron chi connectivity index (χ4n) is 1.95. The third kappa shape index (κ3) is 4.32. The van der Waals surface area contributed by atoms with Gasteiger partial charge in [-0.15, -0.1) is 0 Å². The fourth-order valence-corrected chi connectivity index (χ4v) is 1.95. The predicted molar refractivity (Wildman–Crippen MR) is 80.8 cm³/mol. The molecular weight excluding hydrogens is 234 g/mol. The van der Waals surface area contributed by atoms with Crippen LogP contribution in [0.3, 0.4) is 0 Å². The first-order valence-corrected chi connectivity index (χ1v) is 6.80. The molecule has 0 aromatic heterocycles. The molecular formula is C17H21NO. The molecule has 0 saturated heterocycles. The van der Waals surface area contributed by atoms with E-state index in [1.54, 1.807) is 0 Å². The summed E-state index contributed by atoms with van der Waals surface area (Å²) in [7, 11) is 0. The van der Waals surface area contributed by atoms with E-state index in [4.69, 9.17) is 4.74 Å². The van der Waals surface area contributed by atoms with Gasteiger partial charge in [-0.3, -0.25) is 0 Å². The van der Waals surface area contributed by atoms with E-state index in [1.807, 2.05) is 30.3 Å². The van der Waals surface area contributed by atoms with Crippen molar-refractivity contribution in [2.75, 3.05) is 11.9 Å². The molecule has 1 N–H and O–H groups in total. The fraction of sp³-hybridized carbons (Fsp3) is 0.294. The van der Waals surface area contributed by atoms with Gasteiger partial charge in [0.05, 0.1) is 6.54 Å². The van der Waals surface area contributed by atoms with Crippen LogP contribution in [0.1, 0.15) is 18.9 Å². The van der Waals surface area contributed by atoms with Crippen molar-refractivity contribution in [2.24, 2.45) is 0 Å². The van der Waals surface area contributed by atoms with Crippen LogP contribution in [0.25, 0.3) is 0 Å². The van der Waals surface area contributed by atoms with Gasteiger partial charge in [0.25, 0.3) is 0 Å². The Labute approximate surface area is 115 Å². The second-order valence-corrected chi connectivity index (χ2v) is 4.71. The summed E-state index contributed by atoms with van der Waals surface area (Å²) < 4.78 is 5.95. The minimum Gasteiger partial charge on any atom is -0.489 e. The average Bonchev–Trinajstić information content (AvgIpc) is 2.44. The molecule has 2 heteroatoms. The summed E-state index contributed by atoms with van der Waals surface area (Å²) in [6.45, 7) is 5.06. The number of rotatable bonds is 6. The Bertz CT molecular complexity index is 496. The van der Waals surface area contributed by atoms with E-state index in [2.05, 4.69) is 43.4 Å². The predicted octanol–water partition coefficient (Wildman–Crippen LogP) is 4.26. The molecule has 0 bridgehead atoms. The van der Waals surface area contributed by atoms with Crippen LogP contribution in [0, 0.1) is 6.92 Å². The second-order valence-electron chi connectivity index (χ2n) is 4.71. The molecule has 0 spiro atoms. The summed E-state index contributed by atoms with van der Waals surface area (Å²) in [5.74, 6) is 0.931. The Kier molecular flexibility index (Phi) is 4.85. The lowest BCUT2D eigenvalue weighted by molar-refractivity contribution is 0.210. The molecule has 0 aliphatic heterocycles. The topological polar surface area (TPSA) is 21.3 Å². The third-order valence-electron chi connectivity index (χ3n) is 3.05. The summed E-state index contributed by atoms with van der Waals surface area (Å²) in [5, 5.41) is 3.43. The van der Waals surface area contributed by atoms with E-state index in [-0.39, 0.29) is 6.10 Å². The van der Waals surface area contributed by atoms with Crippen LogP contribution in [0.15, 0.2) is 54.6 Å². The van der Waals surface area contributed by atoms with Gasteiger partial charge < -0.3 is 10.1 Å². The molecule has 2 nitrogen and oxygen atoms in total. The monoisotopic (exact) mass is 255 g/mol. The van der Waals surface area contributed by atoms with Crippen LogP contribution < -0.4 is 10.1 Å². The molecule has 1 unspecified atom stereocenters. The Morgan fingerprint density at radius 1 is 1.05 bits per heavy atom. The zero-order chi connectivity index (χ0) is 13.5. The van der Waals surface area contributed by atoms with Crippen molar-refractivity contribution >= 4 is 5.69 Å². The molecule has 0 saturated carbocycles. The van der Waals surface area contributed by atoms with Crippen LogP contribution in [0.5, 0.6) is 5.75 Å². The largest absolute Gasteiger partial charge is 0.489 e. The van der Waals surface area contributed by atoms with Crippen LogP contribution in [0.2, 0.25) is 0 Å². The van der Waals surface area contributed by atoms with Crippen molar-refractivity contribution in [3.63, 3.8) is 0 Å². The zero-order valence-corrected chi connectivity index (χ0v) is 11.6. The standard InChI is InChI=1S/C17H21NO/c1-3-16(19-17-10-5-4-6-11-17)13-18-15-9-7-8-14(2)12-15/h4-12,16,18H,3,13H2,1-2H3. The van der Waals surface area contributed by atoms with E-state index in [1.165, 1.54) is 5.56 Å². The van der Waals surface area contributed by atoms with Crippen LogP contribution in [-0.2, 0) is 0 Å². The molecule has 0 radical (unpaired) electrons. The highest BCUT2D eigenvalue weighted by atomic mass is 16.5. The average molecular weight is 255 g/mol. The highest BCUT2D eigenvalue weighted by molar-refractivity contribution is 5.45. The smallest absolute Gasteiger partial charge is 0.119 e. The van der Waals surface area contributed by atoms with Gasteiger partial charge in [0.15, 0.2) is 0 Å². The molecule has 100 valence electrons. The molecule has 0 aliphatic rings. The molecule has 0 amide bonds. The molecule has 2 aromatic rings. The van der Waals surface area contributed by atoms with Gasteiger partial charge in [0, 0.05) is 5.69 Å². The van der Waals surface area contributed by atoms with E-state index in [0.29, 0.717) is 0 Å². The summed E-state index contributed by atoms with van der Waals surface area (Å²) in [4.78, 5) is 0. The van der Waals surface area contributed by atoms with Crippen LogP contribution in [-0.4, -0.2) is 12.6 Å². The normalized spacial score (nSPS) is 11.9. The van der Waals surface area contributed by atoms with E-state index < -0.39 is 0 Å². The molecule has 0 aliphatic carbocycles. The lowest BCUT2D eigenvalue weighted by Crippen LogP contribution is -2.25. The van der Waals surface area contributed by atoms with Crippen molar-refractivity contribution < 1.29 is 4.74 Å². The zero-order valence-electron chi connectivity index (χ0n) is 11.6. The Morgan fingerprint density at radius 2 is 1.84 bits per heavy atom. The maximum absolute atomic E-state index is 5.95. The van der Waals surface area contributed by atoms with Crippen molar-refractivity contribution in [1.82, 2.24) is 0 Å². The van der Waals surface area contributed by atoms with Gasteiger partial charge in [-0.05, 0) is 43.2 Å². The number of aryl methyl sites for hydroxylation is 1. The van der Waals surface area contributed by atoms with Gasteiger partial charge in [-0.25, -0.2) is 0 Å². The molecule has 2 aromatic carbocycles. The summed E-state index contributed by atoms with van der Waals surface area (Å²) in [6.07, 6.45) is 1.16. The van der Waals surface area contributed by atoms with Gasteiger partial charge in [-0.1, -0.05) is 37.3 Å². The molecule has 19 heavy (non-hydrogen) atoms. The number of benzene rings is 2. The summed E-state index contributed by atoms with van der Waals surface area (Å²) >= 11 is 0. The van der Waals surface area contributed by atoms with Crippen LogP contribution >= 0.6 is 0 Å². The first-order chi connectivity index (χ1) is 9.28. The number of ether oxygens (including phenoxy) is 1. The maximum atomic E-state index is 5.95. The van der Waals surface area contributed by atoms with Crippen molar-refractivity contribution in [1.29, 1.82) is 0 Å². The Morgan fingerprint density at radius 3 is 2.53 bits per heavy atom. The Balaban J connectivity index is 1.89. The van der Waals surface area contributed by atoms with Crippen molar-refractivity contribution in [3.8, 4) is 5.75 Å². The third-order valence-corrected chi connectivity index (χ3v) is 3.05. The molecule has 0 fully saturated rings. The summed E-state index contributed by atoms with van der Waals surface area (Å²) in [6, 6.07) is 18.4. The number of anilines is 1. The van der Waals surface area contributed by atoms with Crippen molar-refractivity contribution in [3.05, 3.63) is 60.2 Å². The second kappa shape index (κ2) is 6.83. The summed E-state index contributed by atoms with van der Waals surface area (Å²) in [5.41, 5.74) is 2.41. The highest BCUT2D eigenvalue weighted by Crippen LogP contribution is 2.14. The van der Waals surface area contributed by atoms with Gasteiger partial charge in [0.2, 0.25) is 0 Å². The molecule has 1 atom stereocenters. The lowest BCUT2D eigenvalue weighted by atomic mass is 10.2. The van der Waals surface area contributed by atoms with E-state index >= 15 is 0 Å². The lowest BCUT2D eigenvalue weighted by Gasteiger charge is -2.19. The highest BCUT2D eigenvalue weighted by Gasteiger charge is 2.07.